The number of hydrogen-bond acceptors (Lipinski definition) is 3. The van der Waals surface area contributed by atoms with E-state index in [1.54, 1.807) is 6.07 Å². The standard InChI is InChI=1S/C15H18BrFN2O2/c16-9-1-4-14(13(17)5-9)21-8-15(20)19-12-6-10-2-3-11(7-12)18-10/h1,4-5,10-12,18H,2-3,6-8H2,(H,19,20). The van der Waals surface area contributed by atoms with Crippen LogP contribution in [0.3, 0.4) is 0 Å². The van der Waals surface area contributed by atoms with E-state index in [1.165, 1.54) is 25.0 Å². The minimum atomic E-state index is -0.475. The van der Waals surface area contributed by atoms with E-state index in [2.05, 4.69) is 26.6 Å². The fourth-order valence-corrected chi connectivity index (χ4v) is 3.51. The highest BCUT2D eigenvalue weighted by Gasteiger charge is 2.33. The second kappa shape index (κ2) is 6.32. The van der Waals surface area contributed by atoms with E-state index in [0.717, 1.165) is 12.8 Å². The van der Waals surface area contributed by atoms with Gasteiger partial charge in [0.1, 0.15) is 0 Å². The number of nitrogens with one attached hydrogen (secondary N) is 2. The van der Waals surface area contributed by atoms with E-state index in [9.17, 15) is 9.18 Å². The highest BCUT2D eigenvalue weighted by molar-refractivity contribution is 9.10. The highest BCUT2D eigenvalue weighted by atomic mass is 79.9. The third-order valence-electron chi connectivity index (χ3n) is 4.09. The van der Waals surface area contributed by atoms with Crippen LogP contribution in [0.2, 0.25) is 0 Å². The van der Waals surface area contributed by atoms with Crippen molar-refractivity contribution in [1.29, 1.82) is 0 Å². The molecule has 0 aromatic heterocycles. The number of amides is 1. The quantitative estimate of drug-likeness (QED) is 0.870. The molecule has 0 saturated carbocycles. The van der Waals surface area contributed by atoms with Gasteiger partial charge in [-0.2, -0.15) is 0 Å². The molecule has 6 heteroatoms. The Morgan fingerprint density at radius 2 is 2.10 bits per heavy atom. The van der Waals surface area contributed by atoms with Gasteiger partial charge in [0.2, 0.25) is 0 Å². The second-order valence-electron chi connectivity index (χ2n) is 5.74. The van der Waals surface area contributed by atoms with Gasteiger partial charge in [-0.1, -0.05) is 15.9 Å². The molecule has 1 amide bonds. The van der Waals surface area contributed by atoms with E-state index in [0.29, 0.717) is 16.6 Å². The fraction of sp³-hybridized carbons (Fsp3) is 0.533. The molecule has 1 aromatic rings. The third kappa shape index (κ3) is 3.74. The van der Waals surface area contributed by atoms with Gasteiger partial charge in [0.25, 0.3) is 5.91 Å². The fourth-order valence-electron chi connectivity index (χ4n) is 3.18. The highest BCUT2D eigenvalue weighted by Crippen LogP contribution is 2.26. The van der Waals surface area contributed by atoms with Crippen molar-refractivity contribution in [2.45, 2.75) is 43.8 Å². The third-order valence-corrected chi connectivity index (χ3v) is 4.58. The lowest BCUT2D eigenvalue weighted by Gasteiger charge is -2.29. The van der Waals surface area contributed by atoms with Gasteiger partial charge < -0.3 is 15.4 Å². The monoisotopic (exact) mass is 356 g/mol. The molecule has 0 spiro atoms. The molecule has 3 rings (SSSR count). The number of carbonyl (C=O) groups excluding carboxylic acids is 1. The van der Waals surface area contributed by atoms with Crippen LogP contribution >= 0.6 is 15.9 Å². The first-order chi connectivity index (χ1) is 10.1. The molecule has 2 atom stereocenters. The van der Waals surface area contributed by atoms with Crippen molar-refractivity contribution in [3.8, 4) is 5.75 Å². The lowest BCUT2D eigenvalue weighted by atomic mass is 10.00. The van der Waals surface area contributed by atoms with Crippen LogP contribution in [0.4, 0.5) is 4.39 Å². The molecule has 4 nitrogen and oxygen atoms in total. The average Bonchev–Trinajstić information content (AvgIpc) is 2.77. The average molecular weight is 357 g/mol. The largest absolute Gasteiger partial charge is 0.481 e. The summed E-state index contributed by atoms with van der Waals surface area (Å²) in [4.78, 5) is 11.9. The predicted molar refractivity (Wildman–Crippen MR) is 80.7 cm³/mol. The molecule has 2 unspecified atom stereocenters. The lowest BCUT2D eigenvalue weighted by Crippen LogP contribution is -2.48. The van der Waals surface area contributed by atoms with Crippen LogP contribution in [-0.2, 0) is 4.79 Å². The summed E-state index contributed by atoms with van der Waals surface area (Å²) in [6.07, 6.45) is 4.32. The molecule has 2 heterocycles. The van der Waals surface area contributed by atoms with Crippen molar-refractivity contribution >= 4 is 21.8 Å². The van der Waals surface area contributed by atoms with E-state index in [-0.39, 0.29) is 24.3 Å². The number of rotatable bonds is 4. The van der Waals surface area contributed by atoms with Crippen molar-refractivity contribution < 1.29 is 13.9 Å². The van der Waals surface area contributed by atoms with Crippen LogP contribution in [0.1, 0.15) is 25.7 Å². The molecular formula is C15H18BrFN2O2. The Morgan fingerprint density at radius 3 is 2.76 bits per heavy atom. The van der Waals surface area contributed by atoms with Crippen molar-refractivity contribution in [1.82, 2.24) is 10.6 Å². The Labute approximate surface area is 131 Å². The Bertz CT molecular complexity index is 528. The molecule has 1 aromatic carbocycles. The minimum Gasteiger partial charge on any atom is -0.481 e. The number of fused-ring (bicyclic) bond motifs is 2. The summed E-state index contributed by atoms with van der Waals surface area (Å²) in [5, 5.41) is 6.51. The Kier molecular flexibility index (Phi) is 4.45. The van der Waals surface area contributed by atoms with E-state index < -0.39 is 5.82 Å². The topological polar surface area (TPSA) is 50.4 Å². The first-order valence-corrected chi connectivity index (χ1v) is 8.02. The van der Waals surface area contributed by atoms with Crippen LogP contribution in [0.25, 0.3) is 0 Å². The zero-order chi connectivity index (χ0) is 14.8. The maximum absolute atomic E-state index is 13.6. The van der Waals surface area contributed by atoms with Crippen molar-refractivity contribution in [2.24, 2.45) is 0 Å². The summed E-state index contributed by atoms with van der Waals surface area (Å²) in [6.45, 7) is -0.155. The lowest BCUT2D eigenvalue weighted by molar-refractivity contribution is -0.124. The van der Waals surface area contributed by atoms with E-state index in [1.807, 2.05) is 0 Å². The van der Waals surface area contributed by atoms with Gasteiger partial charge in [0, 0.05) is 22.6 Å². The zero-order valence-corrected chi connectivity index (χ0v) is 13.2. The maximum atomic E-state index is 13.6. The normalized spacial score (nSPS) is 27.4. The zero-order valence-electron chi connectivity index (χ0n) is 11.6. The van der Waals surface area contributed by atoms with Gasteiger partial charge in [-0.05, 0) is 43.9 Å². The summed E-state index contributed by atoms with van der Waals surface area (Å²) in [6, 6.07) is 5.77. The molecule has 2 fully saturated rings. The Balaban J connectivity index is 1.48. The van der Waals surface area contributed by atoms with Crippen LogP contribution in [0, 0.1) is 5.82 Å². The maximum Gasteiger partial charge on any atom is 0.258 e. The molecule has 21 heavy (non-hydrogen) atoms. The first-order valence-electron chi connectivity index (χ1n) is 7.23. The molecular weight excluding hydrogens is 339 g/mol. The van der Waals surface area contributed by atoms with Crippen LogP contribution in [0.15, 0.2) is 22.7 Å². The summed E-state index contributed by atoms with van der Waals surface area (Å²) in [5.74, 6) is -0.570. The van der Waals surface area contributed by atoms with Crippen molar-refractivity contribution in [2.75, 3.05) is 6.61 Å². The van der Waals surface area contributed by atoms with E-state index in [4.69, 9.17) is 4.74 Å². The number of piperidine rings is 1. The van der Waals surface area contributed by atoms with Gasteiger partial charge in [-0.3, -0.25) is 4.79 Å². The number of benzene rings is 1. The smallest absolute Gasteiger partial charge is 0.258 e. The van der Waals surface area contributed by atoms with Crippen LogP contribution in [-0.4, -0.2) is 30.6 Å². The molecule has 2 aliphatic heterocycles. The van der Waals surface area contributed by atoms with Crippen molar-refractivity contribution in [3.63, 3.8) is 0 Å². The SMILES string of the molecule is O=C(COc1ccc(Br)cc1F)NC1CC2CCC(C1)N2. The molecule has 0 radical (unpaired) electrons. The molecule has 2 N–H and O–H groups in total. The number of halogens is 2. The Morgan fingerprint density at radius 1 is 1.38 bits per heavy atom. The van der Waals surface area contributed by atoms with E-state index >= 15 is 0 Å². The first kappa shape index (κ1) is 14.8. The van der Waals surface area contributed by atoms with Gasteiger partial charge >= 0.3 is 0 Å². The molecule has 2 aliphatic rings. The molecule has 2 bridgehead atoms. The van der Waals surface area contributed by atoms with Crippen LogP contribution in [0.5, 0.6) is 5.75 Å². The molecule has 114 valence electrons. The van der Waals surface area contributed by atoms with Gasteiger partial charge in [-0.25, -0.2) is 4.39 Å². The predicted octanol–water partition coefficient (Wildman–Crippen LogP) is 2.37. The summed E-state index contributed by atoms with van der Waals surface area (Å²) >= 11 is 3.18. The molecule has 0 aliphatic carbocycles. The number of carbonyl (C=O) groups is 1. The second-order valence-corrected chi connectivity index (χ2v) is 6.65. The summed E-state index contributed by atoms with van der Waals surface area (Å²) < 4.78 is 19.5. The Hall–Kier alpha value is -1.14. The minimum absolute atomic E-state index is 0.0960. The van der Waals surface area contributed by atoms with Gasteiger partial charge in [0.15, 0.2) is 18.2 Å². The van der Waals surface area contributed by atoms with Gasteiger partial charge in [-0.15, -0.1) is 0 Å². The number of ether oxygens (including phenoxy) is 1. The van der Waals surface area contributed by atoms with Gasteiger partial charge in [0.05, 0.1) is 0 Å². The van der Waals surface area contributed by atoms with Crippen LogP contribution < -0.4 is 15.4 Å². The number of hydrogen-bond donors (Lipinski definition) is 2. The van der Waals surface area contributed by atoms with Crippen molar-refractivity contribution in [3.05, 3.63) is 28.5 Å². The summed E-state index contributed by atoms with van der Waals surface area (Å²) in [5.41, 5.74) is 0. The molecule has 2 saturated heterocycles. The summed E-state index contributed by atoms with van der Waals surface area (Å²) in [7, 11) is 0.